The summed E-state index contributed by atoms with van der Waals surface area (Å²) in [6.45, 7) is 7.18. The fourth-order valence-corrected chi connectivity index (χ4v) is 2.06. The molecule has 0 aliphatic rings. The van der Waals surface area contributed by atoms with Crippen LogP contribution in [0.5, 0.6) is 0 Å². The number of nitrogens with zero attached hydrogens (tertiary/aromatic N) is 1. The molecule has 0 saturated heterocycles. The van der Waals surface area contributed by atoms with Gasteiger partial charge in [-0.25, -0.2) is 0 Å². The minimum Gasteiger partial charge on any atom is -0.396 e. The Morgan fingerprint density at radius 1 is 1.06 bits per heavy atom. The van der Waals surface area contributed by atoms with Crippen molar-refractivity contribution in [2.45, 2.75) is 32.2 Å². The fourth-order valence-electron chi connectivity index (χ4n) is 2.06. The third-order valence-electron chi connectivity index (χ3n) is 3.02. The molecule has 0 spiro atoms. The molecule has 0 saturated carbocycles. The van der Waals surface area contributed by atoms with E-state index in [1.54, 1.807) is 0 Å². The Labute approximate surface area is 111 Å². The third kappa shape index (κ3) is 6.58. The molecule has 0 aromatic heterocycles. The summed E-state index contributed by atoms with van der Waals surface area (Å²) in [4.78, 5) is 2.42. The second kappa shape index (κ2) is 9.86. The minimum absolute atomic E-state index is 0.320. The first-order valence-corrected chi connectivity index (χ1v) is 6.85. The van der Waals surface area contributed by atoms with Gasteiger partial charge in [-0.15, -0.1) is 6.58 Å². The predicted octanol–water partition coefficient (Wildman–Crippen LogP) is 3.23. The highest BCUT2D eigenvalue weighted by molar-refractivity contribution is 5.14. The van der Waals surface area contributed by atoms with Crippen LogP contribution >= 0.6 is 0 Å². The Morgan fingerprint density at radius 3 is 2.44 bits per heavy atom. The van der Waals surface area contributed by atoms with Crippen molar-refractivity contribution in [3.63, 3.8) is 0 Å². The molecule has 0 aliphatic carbocycles. The lowest BCUT2D eigenvalue weighted by atomic mass is 10.1. The molecule has 1 aromatic carbocycles. The smallest absolute Gasteiger partial charge is 0.0431 e. The standard InChI is InChI=1S/C16H25NO/c1-2-12-17(13-8-3-4-9-14-18)15-16-10-6-5-7-11-16/h2,5-7,10-11,18H,1,3-4,8-9,12-15H2. The first kappa shape index (κ1) is 14.9. The topological polar surface area (TPSA) is 23.5 Å². The normalized spacial score (nSPS) is 10.8. The van der Waals surface area contributed by atoms with Crippen LogP contribution in [0, 0.1) is 0 Å². The van der Waals surface area contributed by atoms with Gasteiger partial charge in [0.05, 0.1) is 0 Å². The number of unbranched alkanes of at least 4 members (excludes halogenated alkanes) is 3. The molecule has 0 radical (unpaired) electrons. The quantitative estimate of drug-likeness (QED) is 0.507. The highest BCUT2D eigenvalue weighted by Crippen LogP contribution is 2.07. The van der Waals surface area contributed by atoms with Gasteiger partial charge < -0.3 is 5.11 Å². The van der Waals surface area contributed by atoms with E-state index in [-0.39, 0.29) is 0 Å². The largest absolute Gasteiger partial charge is 0.396 e. The Kier molecular flexibility index (Phi) is 8.19. The lowest BCUT2D eigenvalue weighted by Gasteiger charge is -2.20. The molecule has 1 N–H and O–H groups in total. The van der Waals surface area contributed by atoms with Gasteiger partial charge in [0.2, 0.25) is 0 Å². The summed E-state index contributed by atoms with van der Waals surface area (Å²) >= 11 is 0. The molecule has 2 heteroatoms. The molecule has 2 nitrogen and oxygen atoms in total. The summed E-state index contributed by atoms with van der Waals surface area (Å²) in [5.41, 5.74) is 1.36. The van der Waals surface area contributed by atoms with Crippen LogP contribution in [0.2, 0.25) is 0 Å². The Balaban J connectivity index is 2.28. The maximum absolute atomic E-state index is 8.73. The van der Waals surface area contributed by atoms with E-state index in [0.717, 1.165) is 32.5 Å². The van der Waals surface area contributed by atoms with E-state index >= 15 is 0 Å². The highest BCUT2D eigenvalue weighted by Gasteiger charge is 2.03. The Morgan fingerprint density at radius 2 is 1.78 bits per heavy atom. The monoisotopic (exact) mass is 247 g/mol. The van der Waals surface area contributed by atoms with Gasteiger partial charge in [-0.3, -0.25) is 4.90 Å². The average molecular weight is 247 g/mol. The summed E-state index contributed by atoms with van der Waals surface area (Å²) in [7, 11) is 0. The van der Waals surface area contributed by atoms with Crippen molar-refractivity contribution in [1.29, 1.82) is 0 Å². The number of aliphatic hydroxyl groups excluding tert-OH is 1. The summed E-state index contributed by atoms with van der Waals surface area (Å²) in [5, 5.41) is 8.73. The predicted molar refractivity (Wildman–Crippen MR) is 77.5 cm³/mol. The van der Waals surface area contributed by atoms with Crippen molar-refractivity contribution in [2.75, 3.05) is 19.7 Å². The zero-order chi connectivity index (χ0) is 13.1. The number of benzene rings is 1. The van der Waals surface area contributed by atoms with Crippen molar-refractivity contribution >= 4 is 0 Å². The first-order chi connectivity index (χ1) is 8.86. The van der Waals surface area contributed by atoms with E-state index in [4.69, 9.17) is 5.11 Å². The van der Waals surface area contributed by atoms with E-state index in [1.807, 2.05) is 6.08 Å². The first-order valence-electron chi connectivity index (χ1n) is 6.85. The highest BCUT2D eigenvalue weighted by atomic mass is 16.2. The number of hydrogen-bond acceptors (Lipinski definition) is 2. The molecule has 1 rings (SSSR count). The molecule has 100 valence electrons. The minimum atomic E-state index is 0.320. The van der Waals surface area contributed by atoms with Crippen molar-refractivity contribution in [1.82, 2.24) is 4.90 Å². The molecular weight excluding hydrogens is 222 g/mol. The lowest BCUT2D eigenvalue weighted by Crippen LogP contribution is -2.24. The third-order valence-corrected chi connectivity index (χ3v) is 3.02. The van der Waals surface area contributed by atoms with Crippen molar-refractivity contribution in [3.8, 4) is 0 Å². The molecular formula is C16H25NO. The van der Waals surface area contributed by atoms with Crippen LogP contribution in [0.15, 0.2) is 43.0 Å². The Hall–Kier alpha value is -1.12. The zero-order valence-corrected chi connectivity index (χ0v) is 11.2. The van der Waals surface area contributed by atoms with E-state index in [2.05, 4.69) is 41.8 Å². The number of hydrogen-bond donors (Lipinski definition) is 1. The summed E-state index contributed by atoms with van der Waals surface area (Å²) in [6.07, 6.45) is 6.42. The zero-order valence-electron chi connectivity index (χ0n) is 11.2. The number of rotatable bonds is 10. The van der Waals surface area contributed by atoms with Crippen LogP contribution in [0.3, 0.4) is 0 Å². The van der Waals surface area contributed by atoms with Gasteiger partial charge in [-0.05, 0) is 24.9 Å². The SMILES string of the molecule is C=CCN(CCCCCCO)Cc1ccccc1. The van der Waals surface area contributed by atoms with Crippen LogP contribution in [-0.4, -0.2) is 29.7 Å². The molecule has 0 fully saturated rings. The van der Waals surface area contributed by atoms with Gasteiger partial charge in [0, 0.05) is 19.7 Å². The molecule has 18 heavy (non-hydrogen) atoms. The summed E-state index contributed by atoms with van der Waals surface area (Å²) in [5.74, 6) is 0. The molecule has 0 heterocycles. The molecule has 1 aromatic rings. The van der Waals surface area contributed by atoms with Crippen LogP contribution in [0.1, 0.15) is 31.2 Å². The van der Waals surface area contributed by atoms with Gasteiger partial charge in [-0.1, -0.05) is 49.2 Å². The van der Waals surface area contributed by atoms with Gasteiger partial charge in [0.1, 0.15) is 0 Å². The van der Waals surface area contributed by atoms with Crippen LogP contribution in [0.4, 0.5) is 0 Å². The lowest BCUT2D eigenvalue weighted by molar-refractivity contribution is 0.270. The van der Waals surface area contributed by atoms with Crippen molar-refractivity contribution in [2.24, 2.45) is 0 Å². The van der Waals surface area contributed by atoms with Gasteiger partial charge in [0.15, 0.2) is 0 Å². The maximum atomic E-state index is 8.73. The Bertz CT molecular complexity index is 310. The second-order valence-electron chi connectivity index (χ2n) is 4.65. The molecule has 0 aliphatic heterocycles. The van der Waals surface area contributed by atoms with E-state index in [0.29, 0.717) is 6.61 Å². The van der Waals surface area contributed by atoms with Gasteiger partial charge >= 0.3 is 0 Å². The summed E-state index contributed by atoms with van der Waals surface area (Å²) in [6, 6.07) is 10.6. The van der Waals surface area contributed by atoms with E-state index in [9.17, 15) is 0 Å². The van der Waals surface area contributed by atoms with Crippen LogP contribution < -0.4 is 0 Å². The molecule has 0 bridgehead atoms. The number of aliphatic hydroxyl groups is 1. The summed E-state index contributed by atoms with van der Waals surface area (Å²) < 4.78 is 0. The molecule has 0 unspecified atom stereocenters. The van der Waals surface area contributed by atoms with Crippen molar-refractivity contribution < 1.29 is 5.11 Å². The fraction of sp³-hybridized carbons (Fsp3) is 0.500. The van der Waals surface area contributed by atoms with Gasteiger partial charge in [0.25, 0.3) is 0 Å². The van der Waals surface area contributed by atoms with Crippen molar-refractivity contribution in [3.05, 3.63) is 48.6 Å². The van der Waals surface area contributed by atoms with Crippen LogP contribution in [0.25, 0.3) is 0 Å². The van der Waals surface area contributed by atoms with E-state index in [1.165, 1.54) is 18.4 Å². The van der Waals surface area contributed by atoms with Gasteiger partial charge in [-0.2, -0.15) is 0 Å². The van der Waals surface area contributed by atoms with Crippen LogP contribution in [-0.2, 0) is 6.54 Å². The molecule has 0 amide bonds. The van der Waals surface area contributed by atoms with E-state index < -0.39 is 0 Å². The second-order valence-corrected chi connectivity index (χ2v) is 4.65. The average Bonchev–Trinajstić information content (AvgIpc) is 2.40. The maximum Gasteiger partial charge on any atom is 0.0431 e. The molecule has 0 atom stereocenters.